The fourth-order valence-electron chi connectivity index (χ4n) is 1.99. The van der Waals surface area contributed by atoms with Gasteiger partial charge in [-0.2, -0.15) is 0 Å². The van der Waals surface area contributed by atoms with Crippen LogP contribution in [-0.2, 0) is 4.79 Å². The number of β-amino-alcohol motifs (C(OH)–C–C–N with tert-alkyl or cyclic N) is 1. The molecular formula is C12H24N2O2. The lowest BCUT2D eigenvalue weighted by Gasteiger charge is -2.51. The minimum Gasteiger partial charge on any atom is -0.386 e. The molecule has 1 saturated heterocycles. The molecule has 16 heavy (non-hydrogen) atoms. The molecule has 0 aromatic rings. The fourth-order valence-corrected chi connectivity index (χ4v) is 1.99. The van der Waals surface area contributed by atoms with Gasteiger partial charge in [-0.3, -0.25) is 4.79 Å². The van der Waals surface area contributed by atoms with Gasteiger partial charge in [-0.05, 0) is 18.8 Å². The summed E-state index contributed by atoms with van der Waals surface area (Å²) >= 11 is 0. The topological polar surface area (TPSA) is 66.6 Å². The third kappa shape index (κ3) is 2.09. The van der Waals surface area contributed by atoms with Gasteiger partial charge in [0.1, 0.15) is 5.60 Å². The minimum absolute atomic E-state index is 0.0252. The first-order chi connectivity index (χ1) is 7.29. The van der Waals surface area contributed by atoms with E-state index in [4.69, 9.17) is 5.73 Å². The third-order valence-electron chi connectivity index (χ3n) is 3.98. The lowest BCUT2D eigenvalue weighted by molar-refractivity contribution is -0.169. The first kappa shape index (κ1) is 13.5. The maximum atomic E-state index is 12.1. The minimum atomic E-state index is -0.752. The van der Waals surface area contributed by atoms with Crippen LogP contribution >= 0.6 is 0 Å². The van der Waals surface area contributed by atoms with Crippen molar-refractivity contribution in [3.8, 4) is 0 Å². The van der Waals surface area contributed by atoms with Crippen molar-refractivity contribution in [1.82, 2.24) is 4.90 Å². The summed E-state index contributed by atoms with van der Waals surface area (Å²) in [4.78, 5) is 13.8. The van der Waals surface area contributed by atoms with Gasteiger partial charge >= 0.3 is 0 Å². The van der Waals surface area contributed by atoms with Gasteiger partial charge in [0, 0.05) is 0 Å². The molecule has 4 nitrogen and oxygen atoms in total. The van der Waals surface area contributed by atoms with Crippen molar-refractivity contribution in [2.75, 3.05) is 13.1 Å². The molecule has 0 saturated carbocycles. The number of carbonyl (C=O) groups is 1. The smallest absolute Gasteiger partial charge is 0.242 e. The number of rotatable bonds is 4. The Bertz CT molecular complexity index is 266. The van der Waals surface area contributed by atoms with E-state index in [-0.39, 0.29) is 11.8 Å². The van der Waals surface area contributed by atoms with Gasteiger partial charge in [-0.15, -0.1) is 0 Å². The molecule has 0 spiro atoms. The molecule has 1 heterocycles. The van der Waals surface area contributed by atoms with Crippen LogP contribution in [-0.4, -0.2) is 40.1 Å². The van der Waals surface area contributed by atoms with E-state index in [0.717, 1.165) is 0 Å². The molecule has 1 rings (SSSR count). The van der Waals surface area contributed by atoms with Gasteiger partial charge in [-0.1, -0.05) is 27.7 Å². The Morgan fingerprint density at radius 1 is 1.44 bits per heavy atom. The molecular weight excluding hydrogens is 204 g/mol. The molecule has 0 aromatic heterocycles. The van der Waals surface area contributed by atoms with Crippen LogP contribution in [0.5, 0.6) is 0 Å². The molecule has 1 amide bonds. The first-order valence-corrected chi connectivity index (χ1v) is 6.09. The molecule has 0 atom stereocenters. The second-order valence-electron chi connectivity index (χ2n) is 5.28. The highest BCUT2D eigenvalue weighted by Crippen LogP contribution is 2.31. The number of nitrogens with zero attached hydrogens (tertiary/aromatic N) is 1. The summed E-state index contributed by atoms with van der Waals surface area (Å²) < 4.78 is 0. The van der Waals surface area contributed by atoms with E-state index in [9.17, 15) is 9.90 Å². The molecule has 1 fully saturated rings. The second kappa shape index (κ2) is 4.34. The highest BCUT2D eigenvalue weighted by atomic mass is 16.3. The average molecular weight is 228 g/mol. The van der Waals surface area contributed by atoms with Crippen LogP contribution in [0.2, 0.25) is 0 Å². The van der Waals surface area contributed by atoms with Crippen molar-refractivity contribution >= 4 is 5.91 Å². The zero-order valence-electron chi connectivity index (χ0n) is 10.8. The highest BCUT2D eigenvalue weighted by molar-refractivity contribution is 5.87. The summed E-state index contributed by atoms with van der Waals surface area (Å²) in [5.74, 6) is 0.148. The summed E-state index contributed by atoms with van der Waals surface area (Å²) in [6, 6.07) is 0. The van der Waals surface area contributed by atoms with Gasteiger partial charge in [0.15, 0.2) is 0 Å². The quantitative estimate of drug-likeness (QED) is 0.745. The maximum absolute atomic E-state index is 12.1. The number of carbonyl (C=O) groups excluding carboxylic acids is 1. The average Bonchev–Trinajstić information content (AvgIpc) is 2.22. The number of nitrogens with two attached hydrogens (primary N) is 1. The fraction of sp³-hybridized carbons (Fsp3) is 0.917. The van der Waals surface area contributed by atoms with E-state index >= 15 is 0 Å². The Labute approximate surface area is 97.8 Å². The van der Waals surface area contributed by atoms with Crippen LogP contribution in [0.3, 0.4) is 0 Å². The predicted octanol–water partition coefficient (Wildman–Crippen LogP) is 0.733. The number of hydrogen-bond acceptors (Lipinski definition) is 3. The summed E-state index contributed by atoms with van der Waals surface area (Å²) in [7, 11) is 0. The highest BCUT2D eigenvalue weighted by Gasteiger charge is 2.49. The maximum Gasteiger partial charge on any atom is 0.242 e. The van der Waals surface area contributed by atoms with Crippen molar-refractivity contribution in [3.63, 3.8) is 0 Å². The van der Waals surface area contributed by atoms with Crippen molar-refractivity contribution in [1.29, 1.82) is 0 Å². The van der Waals surface area contributed by atoms with Crippen LogP contribution in [0.15, 0.2) is 0 Å². The molecule has 0 unspecified atom stereocenters. The van der Waals surface area contributed by atoms with Gasteiger partial charge in [0.2, 0.25) is 5.91 Å². The Morgan fingerprint density at radius 3 is 2.19 bits per heavy atom. The van der Waals surface area contributed by atoms with E-state index in [1.54, 1.807) is 4.90 Å². The molecule has 1 aliphatic rings. The molecule has 0 radical (unpaired) electrons. The van der Waals surface area contributed by atoms with Crippen LogP contribution in [0.4, 0.5) is 0 Å². The lowest BCUT2D eigenvalue weighted by Crippen LogP contribution is -2.70. The number of hydrogen-bond donors (Lipinski definition) is 2. The first-order valence-electron chi connectivity index (χ1n) is 6.09. The third-order valence-corrected chi connectivity index (χ3v) is 3.98. The van der Waals surface area contributed by atoms with Crippen LogP contribution in [0.25, 0.3) is 0 Å². The summed E-state index contributed by atoms with van der Waals surface area (Å²) in [5, 5.41) is 10.1. The van der Waals surface area contributed by atoms with Crippen LogP contribution in [0.1, 0.15) is 40.5 Å². The largest absolute Gasteiger partial charge is 0.386 e. The lowest BCUT2D eigenvalue weighted by atomic mass is 9.81. The molecule has 0 bridgehead atoms. The molecule has 1 aliphatic heterocycles. The van der Waals surface area contributed by atoms with Crippen molar-refractivity contribution in [2.24, 2.45) is 11.7 Å². The van der Waals surface area contributed by atoms with E-state index in [1.165, 1.54) is 0 Å². The predicted molar refractivity (Wildman–Crippen MR) is 63.9 cm³/mol. The normalized spacial score (nSPS) is 19.8. The van der Waals surface area contributed by atoms with E-state index < -0.39 is 11.1 Å². The Kier molecular flexibility index (Phi) is 3.65. The van der Waals surface area contributed by atoms with Gasteiger partial charge in [-0.25, -0.2) is 0 Å². The van der Waals surface area contributed by atoms with Crippen molar-refractivity contribution in [2.45, 2.75) is 51.7 Å². The zero-order valence-corrected chi connectivity index (χ0v) is 10.8. The molecule has 0 aromatic carbocycles. The summed E-state index contributed by atoms with van der Waals surface area (Å²) in [5.41, 5.74) is 4.58. The van der Waals surface area contributed by atoms with Crippen molar-refractivity contribution < 1.29 is 9.90 Å². The van der Waals surface area contributed by atoms with Crippen molar-refractivity contribution in [3.05, 3.63) is 0 Å². The summed E-state index contributed by atoms with van der Waals surface area (Å²) in [6.07, 6.45) is 1.28. The number of likely N-dealkylation sites (tertiary alicyclic amines) is 1. The Morgan fingerprint density at radius 2 is 1.88 bits per heavy atom. The second-order valence-corrected chi connectivity index (χ2v) is 5.28. The van der Waals surface area contributed by atoms with E-state index in [0.29, 0.717) is 25.9 Å². The van der Waals surface area contributed by atoms with Gasteiger partial charge < -0.3 is 15.7 Å². The van der Waals surface area contributed by atoms with Crippen LogP contribution < -0.4 is 5.73 Å². The number of amides is 1. The van der Waals surface area contributed by atoms with Crippen LogP contribution in [0, 0.1) is 5.92 Å². The molecule has 4 heteroatoms. The van der Waals surface area contributed by atoms with E-state index in [1.807, 2.05) is 27.7 Å². The number of aliphatic hydroxyl groups is 1. The molecule has 94 valence electrons. The summed E-state index contributed by atoms with van der Waals surface area (Å²) in [6.45, 7) is 8.63. The molecule has 3 N–H and O–H groups in total. The standard InChI is InChI=1S/C12H24N2O2/c1-5-11(13,6-2)10(15)14-7-12(16,8-14)9(3)4/h9,16H,5-8,13H2,1-4H3. The SMILES string of the molecule is CCC(N)(CC)C(=O)N1CC(O)(C(C)C)C1. The zero-order chi connectivity index (χ0) is 12.6. The molecule has 0 aliphatic carbocycles. The van der Waals surface area contributed by atoms with Gasteiger partial charge in [0.05, 0.1) is 18.6 Å². The van der Waals surface area contributed by atoms with E-state index in [2.05, 4.69) is 0 Å². The van der Waals surface area contributed by atoms with Gasteiger partial charge in [0.25, 0.3) is 0 Å². The Balaban J connectivity index is 2.61. The Hall–Kier alpha value is -0.610. The monoisotopic (exact) mass is 228 g/mol.